The molecule has 1 aromatic heterocycles. The zero-order valence-corrected chi connectivity index (χ0v) is 10.3. The lowest BCUT2D eigenvalue weighted by molar-refractivity contribution is 0.582. The molecule has 1 aromatic carbocycles. The van der Waals surface area contributed by atoms with Gasteiger partial charge in [0.05, 0.1) is 0 Å². The molecule has 0 atom stereocenters. The minimum absolute atomic E-state index is 0.237. The molecule has 0 bridgehead atoms. The molecule has 0 fully saturated rings. The molecule has 2 aromatic rings. The summed E-state index contributed by atoms with van der Waals surface area (Å²) in [4.78, 5) is 3.37. The number of aryl methyl sites for hydroxylation is 1. The van der Waals surface area contributed by atoms with E-state index in [9.17, 15) is 8.42 Å². The van der Waals surface area contributed by atoms with Crippen LogP contribution >= 0.6 is 0 Å². The van der Waals surface area contributed by atoms with Gasteiger partial charge < -0.3 is 10.7 Å². The minimum atomic E-state index is -3.50. The predicted molar refractivity (Wildman–Crippen MR) is 67.3 cm³/mol. The molecule has 5 nitrogen and oxygen atoms in total. The Labute approximate surface area is 100 Å². The summed E-state index contributed by atoms with van der Waals surface area (Å²) in [5.74, 6) is 0. The van der Waals surface area contributed by atoms with E-state index < -0.39 is 10.0 Å². The number of hydrogen-bond donors (Lipinski definition) is 3. The van der Waals surface area contributed by atoms with Gasteiger partial charge in [-0.2, -0.15) is 0 Å². The first-order valence-electron chi connectivity index (χ1n) is 5.33. The molecule has 6 heteroatoms. The van der Waals surface area contributed by atoms with Crippen LogP contribution in [0.1, 0.15) is 5.69 Å². The quantitative estimate of drug-likeness (QED) is 0.750. The number of benzene rings is 1. The van der Waals surface area contributed by atoms with Crippen molar-refractivity contribution in [2.24, 2.45) is 5.73 Å². The summed E-state index contributed by atoms with van der Waals surface area (Å²) in [6.45, 7) is 2.26. The second kappa shape index (κ2) is 4.48. The van der Waals surface area contributed by atoms with Crippen molar-refractivity contribution in [1.82, 2.24) is 9.71 Å². The zero-order valence-electron chi connectivity index (χ0n) is 9.53. The number of H-pyrrole nitrogens is 1. The van der Waals surface area contributed by atoms with E-state index in [0.29, 0.717) is 16.0 Å². The van der Waals surface area contributed by atoms with Crippen LogP contribution in [0.5, 0.6) is 0 Å². The monoisotopic (exact) mass is 253 g/mol. The summed E-state index contributed by atoms with van der Waals surface area (Å²) in [5, 5.41) is 0.703. The summed E-state index contributed by atoms with van der Waals surface area (Å²) >= 11 is 0. The fraction of sp³-hybridized carbons (Fsp3) is 0.273. The fourth-order valence-electron chi connectivity index (χ4n) is 1.86. The van der Waals surface area contributed by atoms with Crippen molar-refractivity contribution in [3.63, 3.8) is 0 Å². The lowest BCUT2D eigenvalue weighted by atomic mass is 10.2. The second-order valence-corrected chi connectivity index (χ2v) is 5.51. The van der Waals surface area contributed by atoms with Gasteiger partial charge in [-0.1, -0.05) is 18.2 Å². The molecule has 17 heavy (non-hydrogen) atoms. The van der Waals surface area contributed by atoms with E-state index in [1.54, 1.807) is 13.0 Å². The third kappa shape index (κ3) is 2.19. The third-order valence-electron chi connectivity index (χ3n) is 2.54. The van der Waals surface area contributed by atoms with Gasteiger partial charge in [0.15, 0.2) is 0 Å². The Balaban J connectivity index is 2.58. The van der Waals surface area contributed by atoms with Crippen molar-refractivity contribution in [2.45, 2.75) is 11.8 Å². The summed E-state index contributed by atoms with van der Waals surface area (Å²) in [6, 6.07) is 7.32. The third-order valence-corrected chi connectivity index (χ3v) is 4.19. The number of hydrogen-bond acceptors (Lipinski definition) is 3. The van der Waals surface area contributed by atoms with E-state index in [1.807, 2.05) is 18.2 Å². The lowest BCUT2D eigenvalue weighted by Gasteiger charge is -2.05. The van der Waals surface area contributed by atoms with Crippen LogP contribution in [0, 0.1) is 6.92 Å². The standard InChI is InChI=1S/C11H15N3O2S/c1-8-11(17(15,16)13-7-6-12)9-4-2-3-5-10(9)14-8/h2-5,13-14H,6-7,12H2,1H3. The van der Waals surface area contributed by atoms with Gasteiger partial charge in [-0.05, 0) is 13.0 Å². The van der Waals surface area contributed by atoms with Crippen LogP contribution in [0.2, 0.25) is 0 Å². The number of rotatable bonds is 4. The van der Waals surface area contributed by atoms with E-state index >= 15 is 0 Å². The fourth-order valence-corrected chi connectivity index (χ4v) is 3.32. The maximum atomic E-state index is 12.1. The van der Waals surface area contributed by atoms with Crippen LogP contribution in [0.25, 0.3) is 10.9 Å². The molecular weight excluding hydrogens is 238 g/mol. The van der Waals surface area contributed by atoms with E-state index in [2.05, 4.69) is 9.71 Å². The first kappa shape index (κ1) is 12.1. The molecule has 0 spiro atoms. The Morgan fingerprint density at radius 3 is 2.76 bits per heavy atom. The van der Waals surface area contributed by atoms with Crippen molar-refractivity contribution in [1.29, 1.82) is 0 Å². The SMILES string of the molecule is Cc1[nH]c2ccccc2c1S(=O)(=O)NCCN. The number of aromatic nitrogens is 1. The van der Waals surface area contributed by atoms with Crippen LogP contribution in [0.15, 0.2) is 29.2 Å². The van der Waals surface area contributed by atoms with Gasteiger partial charge in [0.1, 0.15) is 4.90 Å². The Morgan fingerprint density at radius 1 is 1.35 bits per heavy atom. The molecule has 92 valence electrons. The van der Waals surface area contributed by atoms with Gasteiger partial charge in [0.25, 0.3) is 0 Å². The number of para-hydroxylation sites is 1. The van der Waals surface area contributed by atoms with Gasteiger partial charge in [-0.3, -0.25) is 0 Å². The van der Waals surface area contributed by atoms with E-state index in [4.69, 9.17) is 5.73 Å². The van der Waals surface area contributed by atoms with Gasteiger partial charge >= 0.3 is 0 Å². The lowest BCUT2D eigenvalue weighted by Crippen LogP contribution is -2.29. The molecule has 1 heterocycles. The Bertz CT molecular complexity index is 631. The number of nitrogens with one attached hydrogen (secondary N) is 2. The van der Waals surface area contributed by atoms with Crippen LogP contribution in [-0.2, 0) is 10.0 Å². The topological polar surface area (TPSA) is 88.0 Å². The Hall–Kier alpha value is -1.37. The molecule has 0 unspecified atom stereocenters. The Kier molecular flexibility index (Phi) is 3.19. The number of aromatic amines is 1. The van der Waals surface area contributed by atoms with Crippen molar-refractivity contribution in [2.75, 3.05) is 13.1 Å². The highest BCUT2D eigenvalue weighted by Crippen LogP contribution is 2.25. The highest BCUT2D eigenvalue weighted by molar-refractivity contribution is 7.89. The maximum Gasteiger partial charge on any atom is 0.243 e. The first-order chi connectivity index (χ1) is 8.06. The summed E-state index contributed by atoms with van der Waals surface area (Å²) in [7, 11) is -3.50. The van der Waals surface area contributed by atoms with Gasteiger partial charge in [0, 0.05) is 29.7 Å². The normalized spacial score (nSPS) is 12.1. The van der Waals surface area contributed by atoms with Gasteiger partial charge in [-0.15, -0.1) is 0 Å². The molecule has 0 aliphatic rings. The molecular formula is C11H15N3O2S. The number of fused-ring (bicyclic) bond motifs is 1. The molecule has 0 saturated carbocycles. The largest absolute Gasteiger partial charge is 0.357 e. The summed E-state index contributed by atoms with van der Waals surface area (Å²) in [6.07, 6.45) is 0. The van der Waals surface area contributed by atoms with Gasteiger partial charge in [-0.25, -0.2) is 13.1 Å². The highest BCUT2D eigenvalue weighted by atomic mass is 32.2. The van der Waals surface area contributed by atoms with Gasteiger partial charge in [0.2, 0.25) is 10.0 Å². The molecule has 0 saturated heterocycles. The van der Waals surface area contributed by atoms with Crippen LogP contribution in [-0.4, -0.2) is 26.5 Å². The molecule has 4 N–H and O–H groups in total. The number of nitrogens with two attached hydrogens (primary N) is 1. The second-order valence-electron chi connectivity index (χ2n) is 3.81. The molecule has 2 rings (SSSR count). The molecule has 0 aliphatic heterocycles. The maximum absolute atomic E-state index is 12.1. The van der Waals surface area contributed by atoms with Crippen molar-refractivity contribution >= 4 is 20.9 Å². The average Bonchev–Trinajstić information content (AvgIpc) is 2.63. The van der Waals surface area contributed by atoms with Crippen molar-refractivity contribution in [3.8, 4) is 0 Å². The summed E-state index contributed by atoms with van der Waals surface area (Å²) in [5.41, 5.74) is 6.76. The average molecular weight is 253 g/mol. The molecule has 0 aliphatic carbocycles. The minimum Gasteiger partial charge on any atom is -0.357 e. The molecule has 0 amide bonds. The number of sulfonamides is 1. The van der Waals surface area contributed by atoms with Crippen LogP contribution in [0.3, 0.4) is 0 Å². The Morgan fingerprint density at radius 2 is 2.06 bits per heavy atom. The van der Waals surface area contributed by atoms with Crippen molar-refractivity contribution in [3.05, 3.63) is 30.0 Å². The van der Waals surface area contributed by atoms with E-state index in [-0.39, 0.29) is 13.1 Å². The van der Waals surface area contributed by atoms with Crippen LogP contribution in [0.4, 0.5) is 0 Å². The van der Waals surface area contributed by atoms with Crippen LogP contribution < -0.4 is 10.5 Å². The summed E-state index contributed by atoms with van der Waals surface area (Å²) < 4.78 is 26.7. The zero-order chi connectivity index (χ0) is 12.5. The molecule has 0 radical (unpaired) electrons. The van der Waals surface area contributed by atoms with E-state index in [1.165, 1.54) is 0 Å². The smallest absolute Gasteiger partial charge is 0.243 e. The predicted octanol–water partition coefficient (Wildman–Crippen LogP) is 0.713. The highest BCUT2D eigenvalue weighted by Gasteiger charge is 2.21. The van der Waals surface area contributed by atoms with Crippen molar-refractivity contribution < 1.29 is 8.42 Å². The van der Waals surface area contributed by atoms with E-state index in [0.717, 1.165) is 5.52 Å². The first-order valence-corrected chi connectivity index (χ1v) is 6.81.